The van der Waals surface area contributed by atoms with Gasteiger partial charge >= 0.3 is 0 Å². The number of halogens is 2. The minimum absolute atomic E-state index is 0.0997. The second-order valence-electron chi connectivity index (χ2n) is 5.13. The van der Waals surface area contributed by atoms with Crippen LogP contribution < -0.4 is 4.74 Å². The average Bonchev–Trinajstić information content (AvgIpc) is 2.99. The number of hydrogen-bond donors (Lipinski definition) is 0. The quantitative estimate of drug-likeness (QED) is 0.813. The van der Waals surface area contributed by atoms with E-state index in [1.165, 1.54) is 11.9 Å². The first-order valence-electron chi connectivity index (χ1n) is 7.21. The van der Waals surface area contributed by atoms with Crippen molar-refractivity contribution >= 4 is 35.0 Å². The van der Waals surface area contributed by atoms with Crippen molar-refractivity contribution in [3.8, 4) is 5.75 Å². The Morgan fingerprint density at radius 3 is 2.62 bits per heavy atom. The first-order valence-corrected chi connectivity index (χ1v) is 7.96. The highest BCUT2D eigenvalue weighted by Crippen LogP contribution is 2.30. The molecular formula is C17H14Cl2N2O3. The zero-order valence-corrected chi connectivity index (χ0v) is 14.3. The molecule has 3 rings (SSSR count). The predicted octanol–water partition coefficient (Wildman–Crippen LogP) is 4.26. The van der Waals surface area contributed by atoms with E-state index in [2.05, 4.69) is 5.10 Å². The van der Waals surface area contributed by atoms with E-state index in [1.807, 2.05) is 6.07 Å². The van der Waals surface area contributed by atoms with Gasteiger partial charge in [0.1, 0.15) is 5.75 Å². The third kappa shape index (κ3) is 3.80. The number of hydrogen-bond acceptors (Lipinski definition) is 4. The third-order valence-corrected chi connectivity index (χ3v) is 3.81. The SMILES string of the molecule is CC(=O)N1N=C(COc2ccc(Cl)cc2)OC1c1cccc(Cl)c1. The summed E-state index contributed by atoms with van der Waals surface area (Å²) in [5.41, 5.74) is 0.739. The zero-order chi connectivity index (χ0) is 17.1. The highest BCUT2D eigenvalue weighted by molar-refractivity contribution is 6.30. The molecule has 0 aromatic heterocycles. The van der Waals surface area contributed by atoms with Crippen LogP contribution in [0.25, 0.3) is 0 Å². The second-order valence-corrected chi connectivity index (χ2v) is 6.00. The molecule has 0 fully saturated rings. The van der Waals surface area contributed by atoms with Crippen LogP contribution in [0.4, 0.5) is 0 Å². The summed E-state index contributed by atoms with van der Waals surface area (Å²) in [5.74, 6) is 0.706. The highest BCUT2D eigenvalue weighted by atomic mass is 35.5. The molecule has 0 saturated heterocycles. The number of carbonyl (C=O) groups excluding carboxylic acids is 1. The Balaban J connectivity index is 1.72. The molecule has 2 aromatic carbocycles. The Hall–Kier alpha value is -2.24. The summed E-state index contributed by atoms with van der Waals surface area (Å²) < 4.78 is 11.4. The van der Waals surface area contributed by atoms with Gasteiger partial charge in [-0.25, -0.2) is 0 Å². The smallest absolute Gasteiger partial charge is 0.247 e. The molecule has 1 amide bonds. The largest absolute Gasteiger partial charge is 0.484 e. The summed E-state index contributed by atoms with van der Waals surface area (Å²) in [5, 5.41) is 6.65. The fraction of sp³-hybridized carbons (Fsp3) is 0.176. The third-order valence-electron chi connectivity index (χ3n) is 3.32. The van der Waals surface area contributed by atoms with Gasteiger partial charge in [-0.2, -0.15) is 5.01 Å². The fourth-order valence-electron chi connectivity index (χ4n) is 2.22. The summed E-state index contributed by atoms with van der Waals surface area (Å²) in [7, 11) is 0. The number of hydrazone groups is 1. The summed E-state index contributed by atoms with van der Waals surface area (Å²) in [6.45, 7) is 1.52. The molecule has 0 saturated carbocycles. The van der Waals surface area contributed by atoms with Gasteiger partial charge in [0.15, 0.2) is 6.61 Å². The standard InChI is InChI=1S/C17H14Cl2N2O3/c1-11(22)21-17(12-3-2-4-14(19)9-12)24-16(20-21)10-23-15-7-5-13(18)6-8-15/h2-9,17H,10H2,1H3. The van der Waals surface area contributed by atoms with E-state index >= 15 is 0 Å². The van der Waals surface area contributed by atoms with Gasteiger partial charge < -0.3 is 9.47 Å². The number of carbonyl (C=O) groups is 1. The van der Waals surface area contributed by atoms with E-state index in [1.54, 1.807) is 42.5 Å². The predicted molar refractivity (Wildman–Crippen MR) is 92.2 cm³/mol. The number of rotatable bonds is 4. The number of amides is 1. The molecule has 0 aliphatic carbocycles. The van der Waals surface area contributed by atoms with Gasteiger partial charge in [0.2, 0.25) is 18.0 Å². The molecule has 1 unspecified atom stereocenters. The summed E-state index contributed by atoms with van der Waals surface area (Å²) >= 11 is 11.8. The maximum atomic E-state index is 11.8. The van der Waals surface area contributed by atoms with Gasteiger partial charge in [-0.05, 0) is 36.4 Å². The van der Waals surface area contributed by atoms with Crippen molar-refractivity contribution < 1.29 is 14.3 Å². The monoisotopic (exact) mass is 364 g/mol. The van der Waals surface area contributed by atoms with Crippen molar-refractivity contribution in [3.63, 3.8) is 0 Å². The number of benzene rings is 2. The van der Waals surface area contributed by atoms with Gasteiger partial charge in [0, 0.05) is 22.5 Å². The Morgan fingerprint density at radius 2 is 1.96 bits per heavy atom. The van der Waals surface area contributed by atoms with E-state index in [0.29, 0.717) is 21.7 Å². The Bertz CT molecular complexity index is 778. The van der Waals surface area contributed by atoms with Crippen molar-refractivity contribution in [2.45, 2.75) is 13.2 Å². The van der Waals surface area contributed by atoms with Crippen LogP contribution in [0.5, 0.6) is 5.75 Å². The van der Waals surface area contributed by atoms with Crippen molar-refractivity contribution in [1.82, 2.24) is 5.01 Å². The molecule has 7 heteroatoms. The molecule has 0 spiro atoms. The second kappa shape index (κ2) is 7.11. The van der Waals surface area contributed by atoms with Gasteiger partial charge in [-0.1, -0.05) is 35.3 Å². The maximum Gasteiger partial charge on any atom is 0.247 e. The molecule has 1 atom stereocenters. The van der Waals surface area contributed by atoms with Crippen LogP contribution >= 0.6 is 23.2 Å². The average molecular weight is 365 g/mol. The summed E-state index contributed by atoms with van der Waals surface area (Å²) in [6, 6.07) is 14.1. The Kier molecular flexibility index (Phi) is 4.92. The van der Waals surface area contributed by atoms with Crippen molar-refractivity contribution in [3.05, 3.63) is 64.1 Å². The topological polar surface area (TPSA) is 51.1 Å². The van der Waals surface area contributed by atoms with Crippen molar-refractivity contribution in [2.24, 2.45) is 5.10 Å². The van der Waals surface area contributed by atoms with Crippen LogP contribution in [0.3, 0.4) is 0 Å². The van der Waals surface area contributed by atoms with E-state index in [4.69, 9.17) is 32.7 Å². The molecule has 1 aliphatic rings. The number of ether oxygens (including phenoxy) is 2. The van der Waals surface area contributed by atoms with E-state index in [0.717, 1.165) is 5.56 Å². The highest BCUT2D eigenvalue weighted by Gasteiger charge is 2.32. The minimum Gasteiger partial charge on any atom is -0.484 e. The van der Waals surface area contributed by atoms with Crippen LogP contribution in [0.1, 0.15) is 18.7 Å². The lowest BCUT2D eigenvalue weighted by atomic mass is 10.2. The van der Waals surface area contributed by atoms with Gasteiger partial charge in [0.25, 0.3) is 0 Å². The van der Waals surface area contributed by atoms with Crippen LogP contribution in [-0.2, 0) is 9.53 Å². The molecule has 2 aromatic rings. The zero-order valence-electron chi connectivity index (χ0n) is 12.8. The molecule has 0 N–H and O–H groups in total. The van der Waals surface area contributed by atoms with E-state index < -0.39 is 6.23 Å². The lowest BCUT2D eigenvalue weighted by molar-refractivity contribution is -0.135. The molecule has 5 nitrogen and oxygen atoms in total. The first kappa shape index (κ1) is 16.6. The molecular weight excluding hydrogens is 351 g/mol. The van der Waals surface area contributed by atoms with Crippen molar-refractivity contribution in [2.75, 3.05) is 6.61 Å². The van der Waals surface area contributed by atoms with Crippen LogP contribution in [0.15, 0.2) is 53.6 Å². The number of nitrogens with zero attached hydrogens (tertiary/aromatic N) is 2. The summed E-state index contributed by atoms with van der Waals surface area (Å²) in [4.78, 5) is 11.8. The minimum atomic E-state index is -0.648. The molecule has 1 aliphatic heterocycles. The lowest BCUT2D eigenvalue weighted by Crippen LogP contribution is -2.25. The molecule has 124 valence electrons. The van der Waals surface area contributed by atoms with Gasteiger partial charge in [-0.3, -0.25) is 4.79 Å². The molecule has 24 heavy (non-hydrogen) atoms. The van der Waals surface area contributed by atoms with Crippen LogP contribution in [0, 0.1) is 0 Å². The fourth-order valence-corrected chi connectivity index (χ4v) is 2.54. The molecule has 0 radical (unpaired) electrons. The van der Waals surface area contributed by atoms with E-state index in [-0.39, 0.29) is 12.5 Å². The summed E-state index contributed by atoms with van der Waals surface area (Å²) in [6.07, 6.45) is -0.648. The molecule has 0 bridgehead atoms. The Labute approximate surface area is 149 Å². The van der Waals surface area contributed by atoms with E-state index in [9.17, 15) is 4.79 Å². The first-order chi connectivity index (χ1) is 11.5. The maximum absolute atomic E-state index is 11.8. The van der Waals surface area contributed by atoms with Crippen LogP contribution in [-0.4, -0.2) is 23.4 Å². The van der Waals surface area contributed by atoms with Crippen molar-refractivity contribution in [1.29, 1.82) is 0 Å². The lowest BCUT2D eigenvalue weighted by Gasteiger charge is -2.19. The molecule has 1 heterocycles. The van der Waals surface area contributed by atoms with Gasteiger partial charge in [-0.15, -0.1) is 5.10 Å². The van der Waals surface area contributed by atoms with Gasteiger partial charge in [0.05, 0.1) is 0 Å². The Morgan fingerprint density at radius 1 is 1.21 bits per heavy atom. The van der Waals surface area contributed by atoms with Crippen LogP contribution in [0.2, 0.25) is 10.0 Å². The normalized spacial score (nSPS) is 16.5.